The van der Waals surface area contributed by atoms with Crippen molar-refractivity contribution in [2.75, 3.05) is 11.9 Å². The van der Waals surface area contributed by atoms with Crippen LogP contribution in [-0.4, -0.2) is 15.0 Å². The van der Waals surface area contributed by atoms with Gasteiger partial charge in [0.15, 0.2) is 0 Å². The van der Waals surface area contributed by atoms with Gasteiger partial charge in [0.25, 0.3) is 0 Å². The third-order valence-corrected chi connectivity index (χ3v) is 6.51. The first-order valence-electron chi connectivity index (χ1n) is 8.79. The summed E-state index contributed by atoms with van der Waals surface area (Å²) in [6.45, 7) is 7.19. The zero-order chi connectivity index (χ0) is 19.1. The van der Waals surface area contributed by atoms with Crippen LogP contribution in [0.4, 0.5) is 10.1 Å². The third-order valence-electron chi connectivity index (χ3n) is 5.58. The van der Waals surface area contributed by atoms with Crippen LogP contribution in [0, 0.1) is 17.2 Å². The molecule has 1 fully saturated rings. The van der Waals surface area contributed by atoms with E-state index in [0.717, 1.165) is 29.8 Å². The molecule has 2 aromatic rings. The lowest BCUT2D eigenvalue weighted by Gasteiger charge is -2.12. The van der Waals surface area contributed by atoms with Gasteiger partial charge < -0.3 is 5.32 Å². The minimum absolute atomic E-state index is 0.0931. The second-order valence-corrected chi connectivity index (χ2v) is 9.12. The predicted octanol–water partition coefficient (Wildman–Crippen LogP) is 3.89. The number of sulfonamides is 1. The zero-order valence-electron chi connectivity index (χ0n) is 15.3. The molecule has 0 radical (unpaired) electrons. The highest BCUT2D eigenvalue weighted by atomic mass is 32.2. The highest BCUT2D eigenvalue weighted by Gasteiger charge is 2.57. The summed E-state index contributed by atoms with van der Waals surface area (Å²) in [5.41, 5.74) is 3.14. The molecule has 0 heterocycles. The van der Waals surface area contributed by atoms with Crippen molar-refractivity contribution in [3.63, 3.8) is 0 Å². The van der Waals surface area contributed by atoms with Crippen LogP contribution in [-0.2, 0) is 16.4 Å². The van der Waals surface area contributed by atoms with E-state index in [9.17, 15) is 12.8 Å². The van der Waals surface area contributed by atoms with Gasteiger partial charge in [-0.1, -0.05) is 39.0 Å². The number of hydrogen-bond donors (Lipinski definition) is 2. The van der Waals surface area contributed by atoms with Gasteiger partial charge in [-0.2, -0.15) is 0 Å². The van der Waals surface area contributed by atoms with Crippen molar-refractivity contribution in [1.82, 2.24) is 0 Å². The van der Waals surface area contributed by atoms with Crippen molar-refractivity contribution < 1.29 is 12.8 Å². The minimum atomic E-state index is -3.67. The molecule has 3 rings (SSSR count). The number of nitrogens with one attached hydrogen (secondary N) is 1. The molecule has 3 N–H and O–H groups in total. The largest absolute Gasteiger partial charge is 0.384 e. The predicted molar refractivity (Wildman–Crippen MR) is 102 cm³/mol. The summed E-state index contributed by atoms with van der Waals surface area (Å²) in [5.74, 6) is 0.467. The van der Waals surface area contributed by atoms with Gasteiger partial charge in [0, 0.05) is 12.2 Å². The summed E-state index contributed by atoms with van der Waals surface area (Å²) < 4.78 is 36.4. The van der Waals surface area contributed by atoms with Crippen LogP contribution in [0.15, 0.2) is 47.4 Å². The molecule has 0 aromatic heterocycles. The van der Waals surface area contributed by atoms with Crippen molar-refractivity contribution in [3.8, 4) is 0 Å². The molecule has 0 aliphatic heterocycles. The van der Waals surface area contributed by atoms with Gasteiger partial charge in [0.05, 0.1) is 4.90 Å². The molecule has 1 aliphatic rings. The standard InChI is InChI=1S/C20H25FN2O2S/c1-4-13-5-8-15(21)11-18(13)23-12-17-19(20(17,2)3)14-6-9-16(10-7-14)26(22,24)25/h5-11,17,19,23H,4,12H2,1-3H3,(H2,22,24,25)/t17-,19-/m0/s1. The number of halogens is 1. The Morgan fingerprint density at radius 1 is 1.15 bits per heavy atom. The van der Waals surface area contributed by atoms with Crippen molar-refractivity contribution in [2.24, 2.45) is 16.5 Å². The summed E-state index contributed by atoms with van der Waals surface area (Å²) in [7, 11) is -3.67. The molecule has 2 aromatic carbocycles. The average molecular weight is 376 g/mol. The number of hydrogen-bond acceptors (Lipinski definition) is 3. The molecular formula is C20H25FN2O2S. The van der Waals surface area contributed by atoms with E-state index in [4.69, 9.17) is 5.14 Å². The van der Waals surface area contributed by atoms with E-state index < -0.39 is 10.0 Å². The third kappa shape index (κ3) is 3.62. The Hall–Kier alpha value is -1.92. The van der Waals surface area contributed by atoms with Crippen molar-refractivity contribution in [3.05, 3.63) is 59.4 Å². The monoisotopic (exact) mass is 376 g/mol. The molecule has 0 amide bonds. The Morgan fingerprint density at radius 3 is 2.38 bits per heavy atom. The lowest BCUT2D eigenvalue weighted by molar-refractivity contribution is 0.565. The molecular weight excluding hydrogens is 351 g/mol. The summed E-state index contributed by atoms with van der Waals surface area (Å²) in [6, 6.07) is 11.7. The summed E-state index contributed by atoms with van der Waals surface area (Å²) in [4.78, 5) is 0.127. The Balaban J connectivity index is 1.73. The molecule has 0 spiro atoms. The van der Waals surface area contributed by atoms with Crippen molar-refractivity contribution >= 4 is 15.7 Å². The van der Waals surface area contributed by atoms with Gasteiger partial charge in [0.2, 0.25) is 10.0 Å². The van der Waals surface area contributed by atoms with Crippen LogP contribution in [0.25, 0.3) is 0 Å². The fraction of sp³-hybridized carbons (Fsp3) is 0.400. The zero-order valence-corrected chi connectivity index (χ0v) is 16.1. The van der Waals surface area contributed by atoms with E-state index in [0.29, 0.717) is 11.8 Å². The summed E-state index contributed by atoms with van der Waals surface area (Å²) in [5, 5.41) is 8.56. The fourth-order valence-corrected chi connectivity index (χ4v) is 4.41. The maximum absolute atomic E-state index is 13.6. The topological polar surface area (TPSA) is 72.2 Å². The molecule has 0 unspecified atom stereocenters. The van der Waals surface area contributed by atoms with Gasteiger partial charge in [-0.25, -0.2) is 17.9 Å². The number of aryl methyl sites for hydroxylation is 1. The number of anilines is 1. The van der Waals surface area contributed by atoms with Crippen molar-refractivity contribution in [2.45, 2.75) is 38.0 Å². The minimum Gasteiger partial charge on any atom is -0.384 e. The second kappa shape index (κ2) is 6.67. The molecule has 0 saturated heterocycles. The highest BCUT2D eigenvalue weighted by Crippen LogP contribution is 2.64. The molecule has 1 aliphatic carbocycles. The highest BCUT2D eigenvalue weighted by molar-refractivity contribution is 7.89. The molecule has 140 valence electrons. The summed E-state index contributed by atoms with van der Waals surface area (Å²) in [6.07, 6.45) is 0.842. The summed E-state index contributed by atoms with van der Waals surface area (Å²) >= 11 is 0. The van der Waals surface area contributed by atoms with Crippen LogP contribution >= 0.6 is 0 Å². The van der Waals surface area contributed by atoms with E-state index in [1.165, 1.54) is 6.07 Å². The Labute approximate surface area is 154 Å². The first kappa shape index (κ1) is 18.9. The molecule has 0 bridgehead atoms. The molecule has 26 heavy (non-hydrogen) atoms. The first-order valence-corrected chi connectivity index (χ1v) is 10.3. The van der Waals surface area contributed by atoms with Gasteiger partial charge >= 0.3 is 0 Å². The van der Waals surface area contributed by atoms with E-state index in [1.807, 2.05) is 18.2 Å². The maximum Gasteiger partial charge on any atom is 0.238 e. The molecule has 6 heteroatoms. The number of primary sulfonamides is 1. The maximum atomic E-state index is 13.6. The average Bonchev–Trinajstić information content (AvgIpc) is 3.13. The number of rotatable bonds is 6. The van der Waals surface area contributed by atoms with Crippen LogP contribution in [0.2, 0.25) is 0 Å². The fourth-order valence-electron chi connectivity index (χ4n) is 3.89. The Morgan fingerprint density at radius 2 is 1.81 bits per heavy atom. The molecule has 1 saturated carbocycles. The van der Waals surface area contributed by atoms with Gasteiger partial charge in [-0.15, -0.1) is 0 Å². The normalized spacial score (nSPS) is 21.4. The van der Waals surface area contributed by atoms with Crippen LogP contribution in [0.5, 0.6) is 0 Å². The Kier molecular flexibility index (Phi) is 4.84. The molecule has 2 atom stereocenters. The van der Waals surface area contributed by atoms with E-state index in [1.54, 1.807) is 18.2 Å². The van der Waals surface area contributed by atoms with E-state index in [2.05, 4.69) is 26.1 Å². The molecule has 4 nitrogen and oxygen atoms in total. The van der Waals surface area contributed by atoms with Gasteiger partial charge in [-0.3, -0.25) is 0 Å². The second-order valence-electron chi connectivity index (χ2n) is 7.56. The SMILES string of the molecule is CCc1ccc(F)cc1NC[C@H]1[C@H](c2ccc(S(N)(=O)=O)cc2)C1(C)C. The van der Waals surface area contributed by atoms with Crippen molar-refractivity contribution in [1.29, 1.82) is 0 Å². The first-order chi connectivity index (χ1) is 12.1. The lowest BCUT2D eigenvalue weighted by atomic mass is 10.0. The quantitative estimate of drug-likeness (QED) is 0.803. The Bertz CT molecular complexity index is 908. The number of benzene rings is 2. The van der Waals surface area contributed by atoms with Gasteiger partial charge in [-0.05, 0) is 59.1 Å². The number of nitrogens with two attached hydrogens (primary N) is 1. The lowest BCUT2D eigenvalue weighted by Crippen LogP contribution is -2.12. The van der Waals surface area contributed by atoms with Crippen LogP contribution < -0.4 is 10.5 Å². The van der Waals surface area contributed by atoms with Gasteiger partial charge in [0.1, 0.15) is 5.82 Å². The van der Waals surface area contributed by atoms with Crippen LogP contribution in [0.3, 0.4) is 0 Å². The van der Waals surface area contributed by atoms with Crippen LogP contribution in [0.1, 0.15) is 37.8 Å². The van der Waals surface area contributed by atoms with E-state index in [-0.39, 0.29) is 16.1 Å². The smallest absolute Gasteiger partial charge is 0.238 e. The van der Waals surface area contributed by atoms with E-state index >= 15 is 0 Å².